The van der Waals surface area contributed by atoms with Crippen molar-refractivity contribution in [3.8, 4) is 6.07 Å². The van der Waals surface area contributed by atoms with Gasteiger partial charge in [-0.3, -0.25) is 9.69 Å². The molecule has 1 aromatic rings. The molecule has 0 aliphatic heterocycles. The highest BCUT2D eigenvalue weighted by Crippen LogP contribution is 2.10. The van der Waals surface area contributed by atoms with Crippen LogP contribution in [0.25, 0.3) is 0 Å². The number of carbonyl (C=O) groups is 1. The molecule has 17 heavy (non-hydrogen) atoms. The van der Waals surface area contributed by atoms with E-state index in [9.17, 15) is 4.79 Å². The second-order valence-electron chi connectivity index (χ2n) is 3.93. The number of hydrogen-bond donors (Lipinski definition) is 1. The molecule has 1 atom stereocenters. The lowest BCUT2D eigenvalue weighted by Crippen LogP contribution is -2.39. The number of likely N-dealkylation sites (N-methyl/N-ethyl adjacent to an activating group) is 1. The third kappa shape index (κ3) is 3.58. The summed E-state index contributed by atoms with van der Waals surface area (Å²) < 4.78 is 0. The SMILES string of the molecule is CCN(C)C(C)C(=O)Nc1ccc(C#N)cc1. The summed E-state index contributed by atoms with van der Waals surface area (Å²) in [6.45, 7) is 4.69. The van der Waals surface area contributed by atoms with E-state index in [4.69, 9.17) is 5.26 Å². The van der Waals surface area contributed by atoms with Gasteiger partial charge in [0.1, 0.15) is 0 Å². The Morgan fingerprint density at radius 3 is 2.53 bits per heavy atom. The highest BCUT2D eigenvalue weighted by Gasteiger charge is 2.16. The molecule has 0 saturated carbocycles. The van der Waals surface area contributed by atoms with Crippen LogP contribution >= 0.6 is 0 Å². The molecule has 0 radical (unpaired) electrons. The molecule has 0 aliphatic carbocycles. The minimum Gasteiger partial charge on any atom is -0.325 e. The average Bonchev–Trinajstić information content (AvgIpc) is 2.37. The molecule has 0 saturated heterocycles. The number of nitrogens with zero attached hydrogens (tertiary/aromatic N) is 2. The van der Waals surface area contributed by atoms with Crippen molar-refractivity contribution in [3.63, 3.8) is 0 Å². The smallest absolute Gasteiger partial charge is 0.241 e. The predicted octanol–water partition coefficient (Wildman–Crippen LogP) is 1.84. The number of carbonyl (C=O) groups excluding carboxylic acids is 1. The summed E-state index contributed by atoms with van der Waals surface area (Å²) in [6.07, 6.45) is 0. The standard InChI is InChI=1S/C13H17N3O/c1-4-16(3)10(2)13(17)15-12-7-5-11(9-14)6-8-12/h5-8,10H,4H2,1-3H3,(H,15,17). The molecular formula is C13H17N3O. The number of anilines is 1. The van der Waals surface area contributed by atoms with Crippen molar-refractivity contribution in [2.24, 2.45) is 0 Å². The minimum absolute atomic E-state index is 0.0425. The number of hydrogen-bond acceptors (Lipinski definition) is 3. The highest BCUT2D eigenvalue weighted by atomic mass is 16.2. The first-order valence-electron chi connectivity index (χ1n) is 5.59. The molecular weight excluding hydrogens is 214 g/mol. The fourth-order valence-electron chi connectivity index (χ4n) is 1.35. The second kappa shape index (κ2) is 6.02. The van der Waals surface area contributed by atoms with Gasteiger partial charge in [-0.2, -0.15) is 5.26 Å². The fraction of sp³-hybridized carbons (Fsp3) is 0.385. The monoisotopic (exact) mass is 231 g/mol. The maximum Gasteiger partial charge on any atom is 0.241 e. The van der Waals surface area contributed by atoms with E-state index in [1.54, 1.807) is 24.3 Å². The topological polar surface area (TPSA) is 56.1 Å². The third-order valence-electron chi connectivity index (χ3n) is 2.82. The molecule has 0 spiro atoms. The van der Waals surface area contributed by atoms with Gasteiger partial charge >= 0.3 is 0 Å². The van der Waals surface area contributed by atoms with Crippen molar-refractivity contribution in [3.05, 3.63) is 29.8 Å². The van der Waals surface area contributed by atoms with Crippen molar-refractivity contribution < 1.29 is 4.79 Å². The molecule has 90 valence electrons. The number of nitrogens with one attached hydrogen (secondary N) is 1. The molecule has 1 unspecified atom stereocenters. The number of amides is 1. The van der Waals surface area contributed by atoms with Crippen LogP contribution in [0.1, 0.15) is 19.4 Å². The lowest BCUT2D eigenvalue weighted by Gasteiger charge is -2.22. The Morgan fingerprint density at radius 2 is 2.06 bits per heavy atom. The minimum atomic E-state index is -0.171. The van der Waals surface area contributed by atoms with Gasteiger partial charge in [-0.1, -0.05) is 6.92 Å². The summed E-state index contributed by atoms with van der Waals surface area (Å²) in [7, 11) is 1.91. The molecule has 0 fully saturated rings. The molecule has 0 bridgehead atoms. The van der Waals surface area contributed by atoms with E-state index in [0.29, 0.717) is 11.3 Å². The maximum atomic E-state index is 11.8. The summed E-state index contributed by atoms with van der Waals surface area (Å²) in [4.78, 5) is 13.8. The molecule has 0 heterocycles. The molecule has 1 amide bonds. The lowest BCUT2D eigenvalue weighted by molar-refractivity contribution is -0.120. The molecule has 4 nitrogen and oxygen atoms in total. The largest absolute Gasteiger partial charge is 0.325 e. The normalized spacial score (nSPS) is 11.9. The number of rotatable bonds is 4. The van der Waals surface area contributed by atoms with Gasteiger partial charge < -0.3 is 5.32 Å². The maximum absolute atomic E-state index is 11.8. The predicted molar refractivity (Wildman–Crippen MR) is 67.6 cm³/mol. The Morgan fingerprint density at radius 1 is 1.47 bits per heavy atom. The van der Waals surface area contributed by atoms with E-state index in [1.165, 1.54) is 0 Å². The molecule has 0 aromatic heterocycles. The quantitative estimate of drug-likeness (QED) is 0.860. The van der Waals surface area contributed by atoms with E-state index in [0.717, 1.165) is 6.54 Å². The average molecular weight is 231 g/mol. The van der Waals surface area contributed by atoms with Crippen LogP contribution in [0.4, 0.5) is 5.69 Å². The molecule has 1 rings (SSSR count). The van der Waals surface area contributed by atoms with E-state index >= 15 is 0 Å². The van der Waals surface area contributed by atoms with Crippen LogP contribution in [0, 0.1) is 11.3 Å². The third-order valence-corrected chi connectivity index (χ3v) is 2.82. The van der Waals surface area contributed by atoms with E-state index < -0.39 is 0 Å². The number of nitriles is 1. The van der Waals surface area contributed by atoms with Crippen LogP contribution in [-0.2, 0) is 4.79 Å². The summed E-state index contributed by atoms with van der Waals surface area (Å²) in [5, 5.41) is 11.5. The van der Waals surface area contributed by atoms with Gasteiger partial charge in [0.2, 0.25) is 5.91 Å². The van der Waals surface area contributed by atoms with Gasteiger partial charge in [-0.25, -0.2) is 0 Å². The number of benzene rings is 1. The van der Waals surface area contributed by atoms with Crippen molar-refractivity contribution in [1.82, 2.24) is 4.90 Å². The molecule has 4 heteroatoms. The summed E-state index contributed by atoms with van der Waals surface area (Å²) >= 11 is 0. The van der Waals surface area contributed by atoms with Crippen LogP contribution in [0.2, 0.25) is 0 Å². The van der Waals surface area contributed by atoms with E-state index in [-0.39, 0.29) is 11.9 Å². The Labute approximate surface area is 102 Å². The Bertz CT molecular complexity index is 419. The highest BCUT2D eigenvalue weighted by molar-refractivity contribution is 5.94. The van der Waals surface area contributed by atoms with Crippen LogP contribution < -0.4 is 5.32 Å². The van der Waals surface area contributed by atoms with Gasteiger partial charge in [-0.15, -0.1) is 0 Å². The molecule has 1 N–H and O–H groups in total. The Hall–Kier alpha value is -1.86. The van der Waals surface area contributed by atoms with Crippen molar-refractivity contribution in [1.29, 1.82) is 5.26 Å². The van der Waals surface area contributed by atoms with Gasteiger partial charge in [0.25, 0.3) is 0 Å². The van der Waals surface area contributed by atoms with Crippen molar-refractivity contribution in [2.45, 2.75) is 19.9 Å². The van der Waals surface area contributed by atoms with Crippen molar-refractivity contribution in [2.75, 3.05) is 18.9 Å². The van der Waals surface area contributed by atoms with Gasteiger partial charge in [0, 0.05) is 5.69 Å². The summed E-state index contributed by atoms with van der Waals surface area (Å²) in [6, 6.07) is 8.70. The van der Waals surface area contributed by atoms with E-state index in [2.05, 4.69) is 5.32 Å². The van der Waals surface area contributed by atoms with Crippen LogP contribution in [0.15, 0.2) is 24.3 Å². The van der Waals surface area contributed by atoms with Gasteiger partial charge in [0.05, 0.1) is 17.7 Å². The first kappa shape index (κ1) is 13.2. The van der Waals surface area contributed by atoms with E-state index in [1.807, 2.05) is 31.9 Å². The lowest BCUT2D eigenvalue weighted by atomic mass is 10.2. The zero-order chi connectivity index (χ0) is 12.8. The van der Waals surface area contributed by atoms with Crippen LogP contribution in [-0.4, -0.2) is 30.4 Å². The first-order valence-corrected chi connectivity index (χ1v) is 5.59. The molecule has 0 aliphatic rings. The second-order valence-corrected chi connectivity index (χ2v) is 3.93. The first-order chi connectivity index (χ1) is 8.08. The summed E-state index contributed by atoms with van der Waals surface area (Å²) in [5.74, 6) is -0.0425. The van der Waals surface area contributed by atoms with Gasteiger partial charge in [0.15, 0.2) is 0 Å². The fourth-order valence-corrected chi connectivity index (χ4v) is 1.35. The Kier molecular flexibility index (Phi) is 4.68. The molecule has 1 aromatic carbocycles. The van der Waals surface area contributed by atoms with Crippen molar-refractivity contribution >= 4 is 11.6 Å². The zero-order valence-corrected chi connectivity index (χ0v) is 10.4. The van der Waals surface area contributed by atoms with Crippen LogP contribution in [0.3, 0.4) is 0 Å². The van der Waals surface area contributed by atoms with Crippen LogP contribution in [0.5, 0.6) is 0 Å². The summed E-state index contributed by atoms with van der Waals surface area (Å²) in [5.41, 5.74) is 1.30. The zero-order valence-electron chi connectivity index (χ0n) is 10.4. The van der Waals surface area contributed by atoms with Gasteiger partial charge in [-0.05, 0) is 44.8 Å². The Balaban J connectivity index is 2.65.